The van der Waals surface area contributed by atoms with Crippen molar-refractivity contribution in [2.45, 2.75) is 6.92 Å². The predicted molar refractivity (Wildman–Crippen MR) is 16.9 cm³/mol. The molecule has 0 aliphatic carbocycles. The van der Waals surface area contributed by atoms with Crippen molar-refractivity contribution in [2.24, 2.45) is 5.34 Å². The minimum atomic E-state index is 1.20. The van der Waals surface area contributed by atoms with Crippen LogP contribution in [0.15, 0.2) is 5.34 Å². The van der Waals surface area contributed by atoms with Gasteiger partial charge in [-0.3, -0.25) is 0 Å². The Labute approximate surface area is 29.9 Å². The maximum Gasteiger partial charge on any atom is 0.167 e. The van der Waals surface area contributed by atoms with Crippen LogP contribution in [0.2, 0.25) is 0 Å². The minimum absolute atomic E-state index is 1.20. The van der Waals surface area contributed by atoms with Crippen LogP contribution in [0.1, 0.15) is 6.92 Å². The van der Waals surface area contributed by atoms with Crippen molar-refractivity contribution in [1.29, 1.82) is 0 Å². The largest absolute Gasteiger partial charge is 0.357 e. The smallest absolute Gasteiger partial charge is 0.167 e. The van der Waals surface area contributed by atoms with E-state index in [1.165, 1.54) is 6.61 Å². The molecule has 29 valence electrons. The van der Waals surface area contributed by atoms with E-state index < -0.39 is 0 Å². The molecular formula is C2H4NO2. The molecule has 0 aromatic heterocycles. The van der Waals surface area contributed by atoms with E-state index >= 15 is 0 Å². The molecule has 3 nitrogen and oxygen atoms in total. The molecule has 0 aromatic carbocycles. The van der Waals surface area contributed by atoms with Gasteiger partial charge in [-0.1, -0.05) is 0 Å². The molecular weight excluding hydrogens is 70.0 g/mol. The molecule has 3 heteroatoms. The Kier molecular flexibility index (Phi) is 2.99. The topological polar surface area (TPSA) is 38.7 Å². The third kappa shape index (κ3) is 3.40. The van der Waals surface area contributed by atoms with E-state index in [2.05, 4.69) is 4.84 Å². The summed E-state index contributed by atoms with van der Waals surface area (Å²) in [7, 11) is 0. The summed E-state index contributed by atoms with van der Waals surface area (Å²) in [4.78, 5) is 12.7. The van der Waals surface area contributed by atoms with Gasteiger partial charge >= 0.3 is 0 Å². The van der Waals surface area contributed by atoms with E-state index in [1.807, 2.05) is 5.34 Å². The summed E-state index contributed by atoms with van der Waals surface area (Å²) >= 11 is 0. The van der Waals surface area contributed by atoms with Crippen molar-refractivity contribution in [2.75, 3.05) is 0 Å². The predicted octanol–water partition coefficient (Wildman–Crippen LogP) is 0.866. The quantitative estimate of drug-likeness (QED) is 0.360. The number of hydrogen-bond acceptors (Lipinski definition) is 3. The van der Waals surface area contributed by atoms with Crippen molar-refractivity contribution >= 4 is 0 Å². The van der Waals surface area contributed by atoms with Gasteiger partial charge in [0.25, 0.3) is 0 Å². The van der Waals surface area contributed by atoms with Crippen molar-refractivity contribution < 1.29 is 4.84 Å². The Morgan fingerprint density at radius 2 is 2.60 bits per heavy atom. The zero-order valence-corrected chi connectivity index (χ0v) is 2.84. The Balaban J connectivity index is 2.40. The Morgan fingerprint density at radius 1 is 2.00 bits per heavy atom. The summed E-state index contributed by atoms with van der Waals surface area (Å²) in [5.74, 6) is 0. The molecule has 0 bridgehead atoms. The van der Waals surface area contributed by atoms with Crippen LogP contribution < -0.4 is 0 Å². The van der Waals surface area contributed by atoms with Crippen LogP contribution in [-0.2, 0) is 4.84 Å². The van der Waals surface area contributed by atoms with Gasteiger partial charge in [-0.05, 0) is 6.92 Å². The second-order valence-corrected chi connectivity index (χ2v) is 0.416. The number of rotatable bonds is 2. The van der Waals surface area contributed by atoms with E-state index in [9.17, 15) is 0 Å². The molecule has 0 saturated heterocycles. The number of nitrogens with zero attached hydrogens (tertiary/aromatic N) is 1. The molecule has 0 N–H and O–H groups in total. The monoisotopic (exact) mass is 74.0 g/mol. The second-order valence-electron chi connectivity index (χ2n) is 0.416. The molecule has 0 atom stereocenters. The number of hydrogen-bond donors (Lipinski definition) is 0. The highest BCUT2D eigenvalue weighted by molar-refractivity contribution is 4.24. The summed E-state index contributed by atoms with van der Waals surface area (Å²) in [6, 6.07) is 0. The van der Waals surface area contributed by atoms with Crippen molar-refractivity contribution in [3.8, 4) is 0 Å². The Morgan fingerprint density at radius 3 is 2.60 bits per heavy atom. The van der Waals surface area contributed by atoms with Gasteiger partial charge in [0.2, 0.25) is 0 Å². The second kappa shape index (κ2) is 3.40. The van der Waals surface area contributed by atoms with Crippen molar-refractivity contribution in [3.63, 3.8) is 0 Å². The molecule has 0 aromatic rings. The normalized spacial score (nSPS) is 6.60. The maximum atomic E-state index is 8.90. The van der Waals surface area contributed by atoms with Gasteiger partial charge in [-0.15, -0.1) is 4.91 Å². The molecule has 0 saturated carbocycles. The highest BCUT2D eigenvalue weighted by Crippen LogP contribution is 1.73. The van der Waals surface area contributed by atoms with Crippen molar-refractivity contribution in [1.82, 2.24) is 0 Å². The minimum Gasteiger partial charge on any atom is -0.357 e. The van der Waals surface area contributed by atoms with Crippen LogP contribution in [0.5, 0.6) is 0 Å². The third-order valence-corrected chi connectivity index (χ3v) is 0.148. The standard InChI is InChI=1S/C2H4NO2/c1-2-5-3-4/h2H,1H3. The van der Waals surface area contributed by atoms with E-state index in [0.29, 0.717) is 0 Å². The van der Waals surface area contributed by atoms with E-state index in [1.54, 1.807) is 6.92 Å². The molecule has 0 amide bonds. The molecule has 0 spiro atoms. The van der Waals surface area contributed by atoms with Gasteiger partial charge in [0.05, 0.1) is 0 Å². The van der Waals surface area contributed by atoms with E-state index in [4.69, 9.17) is 4.91 Å². The average Bonchev–Trinajstić information content (AvgIpc) is 1.41. The molecule has 0 fully saturated rings. The van der Waals surface area contributed by atoms with Gasteiger partial charge in [0, 0.05) is 0 Å². The van der Waals surface area contributed by atoms with Gasteiger partial charge in [-0.2, -0.15) is 0 Å². The Hall–Kier alpha value is -0.600. The summed E-state index contributed by atoms with van der Waals surface area (Å²) in [5.41, 5.74) is 0. The highest BCUT2D eigenvalue weighted by atomic mass is 16.7. The van der Waals surface area contributed by atoms with Gasteiger partial charge in [-0.25, -0.2) is 0 Å². The van der Waals surface area contributed by atoms with Crippen LogP contribution in [0.25, 0.3) is 0 Å². The van der Waals surface area contributed by atoms with Crippen LogP contribution in [0.4, 0.5) is 0 Å². The molecule has 5 heavy (non-hydrogen) atoms. The first-order valence-electron chi connectivity index (χ1n) is 1.18. The fourth-order valence-electron chi connectivity index (χ4n) is 0.0430. The molecule has 0 rings (SSSR count). The fourth-order valence-corrected chi connectivity index (χ4v) is 0.0430. The molecule has 1 radical (unpaired) electrons. The van der Waals surface area contributed by atoms with E-state index in [-0.39, 0.29) is 0 Å². The lowest BCUT2D eigenvalue weighted by Gasteiger charge is -1.74. The molecule has 0 aliphatic rings. The van der Waals surface area contributed by atoms with Crippen LogP contribution in [0, 0.1) is 11.5 Å². The lowest BCUT2D eigenvalue weighted by Crippen LogP contribution is -1.62. The summed E-state index contributed by atoms with van der Waals surface area (Å²) in [6.07, 6.45) is 0. The lowest BCUT2D eigenvalue weighted by atomic mass is 10.9. The summed E-state index contributed by atoms with van der Waals surface area (Å²) in [5, 5.41) is 2.05. The Bertz CT molecular complexity index is 28.8. The van der Waals surface area contributed by atoms with Crippen molar-refractivity contribution in [3.05, 3.63) is 11.5 Å². The first-order valence-corrected chi connectivity index (χ1v) is 1.18. The third-order valence-electron chi connectivity index (χ3n) is 0.148. The van der Waals surface area contributed by atoms with Gasteiger partial charge in [0.1, 0.15) is 0 Å². The SMILES string of the molecule is C[CH]ON=O. The summed E-state index contributed by atoms with van der Waals surface area (Å²) < 4.78 is 0. The lowest BCUT2D eigenvalue weighted by molar-refractivity contribution is 0.214. The van der Waals surface area contributed by atoms with E-state index in [0.717, 1.165) is 0 Å². The molecule has 0 aliphatic heterocycles. The van der Waals surface area contributed by atoms with Gasteiger partial charge < -0.3 is 4.84 Å². The first kappa shape index (κ1) is 4.40. The van der Waals surface area contributed by atoms with Crippen LogP contribution >= 0.6 is 0 Å². The first-order chi connectivity index (χ1) is 2.41. The van der Waals surface area contributed by atoms with Gasteiger partial charge in [0.15, 0.2) is 11.9 Å². The average molecular weight is 74.1 g/mol. The zero-order valence-electron chi connectivity index (χ0n) is 2.84. The fraction of sp³-hybridized carbons (Fsp3) is 0.500. The maximum absolute atomic E-state index is 8.90. The zero-order chi connectivity index (χ0) is 4.12. The van der Waals surface area contributed by atoms with Crippen LogP contribution in [0.3, 0.4) is 0 Å². The molecule has 0 heterocycles. The summed E-state index contributed by atoms with van der Waals surface area (Å²) in [6.45, 7) is 2.77. The van der Waals surface area contributed by atoms with Crippen LogP contribution in [-0.4, -0.2) is 0 Å². The highest BCUT2D eigenvalue weighted by Gasteiger charge is 1.64. The molecule has 0 unspecified atom stereocenters.